The molecule has 0 N–H and O–H groups in total. The number of carboxylic acid groups (broad SMARTS) is 1. The maximum atomic E-state index is 12.9. The topological polar surface area (TPSA) is 111 Å². The lowest BCUT2D eigenvalue weighted by atomic mass is 10.0. The summed E-state index contributed by atoms with van der Waals surface area (Å²) < 4.78 is 22.8. The van der Waals surface area contributed by atoms with Crippen LogP contribution in [0.4, 0.5) is 0 Å². The smallest absolute Gasteiger partial charge is 0.306 e. The van der Waals surface area contributed by atoms with Gasteiger partial charge >= 0.3 is 11.9 Å². The molecule has 0 aromatic carbocycles. The van der Waals surface area contributed by atoms with Crippen molar-refractivity contribution in [2.24, 2.45) is 0 Å². The van der Waals surface area contributed by atoms with Crippen LogP contribution in [-0.4, -0.2) is 82.3 Å². The third-order valence-corrected chi connectivity index (χ3v) is 15.2. The molecule has 498 valence electrons. The number of esters is 2. The van der Waals surface area contributed by atoms with E-state index >= 15 is 0 Å². The Labute approximate surface area is 536 Å². The lowest BCUT2D eigenvalue weighted by Crippen LogP contribution is -2.44. The molecule has 0 amide bonds. The summed E-state index contributed by atoms with van der Waals surface area (Å²) in [7, 11) is 5.93. The van der Waals surface area contributed by atoms with E-state index in [1.807, 2.05) is 21.1 Å². The van der Waals surface area contributed by atoms with Crippen molar-refractivity contribution in [1.82, 2.24) is 0 Å². The summed E-state index contributed by atoms with van der Waals surface area (Å²) >= 11 is 0. The zero-order valence-electron chi connectivity index (χ0n) is 56.9. The minimum atomic E-state index is -1.63. The molecule has 0 bridgehead atoms. The number of ether oxygens (including phenoxy) is 4. The number of hydrogen-bond acceptors (Lipinski definition) is 8. The summed E-state index contributed by atoms with van der Waals surface area (Å²) in [5.41, 5.74) is 0. The van der Waals surface area contributed by atoms with E-state index in [0.29, 0.717) is 17.4 Å². The molecule has 0 aliphatic heterocycles. The number of aliphatic carboxylic acids is 1. The molecule has 0 radical (unpaired) electrons. The molecule has 2 atom stereocenters. The number of hydrogen-bond donors (Lipinski definition) is 0. The van der Waals surface area contributed by atoms with E-state index in [1.165, 1.54) is 161 Å². The zero-order valence-corrected chi connectivity index (χ0v) is 56.9. The lowest BCUT2D eigenvalue weighted by Gasteiger charge is -2.26. The number of nitrogens with zero attached hydrogens (tertiary/aromatic N) is 1. The normalized spacial score (nSPS) is 13.4. The van der Waals surface area contributed by atoms with Gasteiger partial charge in [-0.15, -0.1) is 0 Å². The highest BCUT2D eigenvalue weighted by Crippen LogP contribution is 2.17. The molecule has 87 heavy (non-hydrogen) atoms. The minimum Gasteiger partial charge on any atom is -0.545 e. The number of carboxylic acids is 1. The van der Waals surface area contributed by atoms with Crippen LogP contribution in [0.3, 0.4) is 0 Å². The Morgan fingerprint density at radius 1 is 0.345 bits per heavy atom. The Balaban J connectivity index is 4.10. The average molecular weight is 1210 g/mol. The van der Waals surface area contributed by atoms with Crippen LogP contribution in [0.5, 0.6) is 0 Å². The Kier molecular flexibility index (Phi) is 64.3. The fraction of sp³-hybridized carbons (Fsp3) is 0.705. The molecule has 0 heterocycles. The van der Waals surface area contributed by atoms with E-state index in [-0.39, 0.29) is 38.6 Å². The molecule has 0 aromatic rings. The van der Waals surface area contributed by atoms with Gasteiger partial charge in [0.05, 0.1) is 40.3 Å². The Bertz CT molecular complexity index is 1840. The highest BCUT2D eigenvalue weighted by Gasteiger charge is 2.22. The summed E-state index contributed by atoms with van der Waals surface area (Å²) in [5, 5.41) is 11.8. The van der Waals surface area contributed by atoms with Gasteiger partial charge in [-0.3, -0.25) is 9.59 Å². The van der Waals surface area contributed by atoms with Crippen LogP contribution in [0.1, 0.15) is 296 Å². The Hall–Kier alpha value is -4.31. The van der Waals surface area contributed by atoms with Crippen LogP contribution in [0.2, 0.25) is 0 Å². The predicted molar refractivity (Wildman–Crippen MR) is 370 cm³/mol. The second kappa shape index (κ2) is 67.6. The average Bonchev–Trinajstić information content (AvgIpc) is 3.56. The number of allylic oxidation sites excluding steroid dienone is 20. The Morgan fingerprint density at radius 3 is 0.920 bits per heavy atom. The van der Waals surface area contributed by atoms with Crippen molar-refractivity contribution in [3.63, 3.8) is 0 Å². The molecular formula is C78H133NO8. The van der Waals surface area contributed by atoms with Crippen molar-refractivity contribution >= 4 is 17.9 Å². The van der Waals surface area contributed by atoms with Crippen LogP contribution in [0.15, 0.2) is 122 Å². The summed E-state index contributed by atoms with van der Waals surface area (Å²) in [6.07, 6.45) is 92.8. The van der Waals surface area contributed by atoms with Gasteiger partial charge in [0.2, 0.25) is 0 Å². The standard InChI is InChI=1S/C78H133NO8/c1-6-8-10-12-14-16-18-20-22-24-26-28-30-32-34-35-36-37-38-39-40-41-43-45-47-49-51-53-55-57-59-61-63-65-67-69-76(81)87-74(73-86-78(77(82)83)84-71-70-79(3,4)5)72-85-75(80)68-66-64-62-60-58-56-54-52-50-48-46-44-42-33-31-29-27-25-23-21-19-17-15-13-11-9-7-2/h8-11,14-17,20-23,26-29,32,34,36-37,74,78H,6-7,12-13,18-19,24-25,30-31,33,35,38-73H2,1-5H3/b10-8-,11-9-,16-14-,17-15-,22-20-,23-21-,28-26-,29-27-,34-32-,37-36-. The Morgan fingerprint density at radius 2 is 0.621 bits per heavy atom. The number of likely N-dealkylation sites (N-methyl/N-ethyl adjacent to an activating group) is 1. The third-order valence-electron chi connectivity index (χ3n) is 15.2. The lowest BCUT2D eigenvalue weighted by molar-refractivity contribution is -0.870. The van der Waals surface area contributed by atoms with Crippen LogP contribution in [-0.2, 0) is 33.3 Å². The van der Waals surface area contributed by atoms with Gasteiger partial charge in [-0.25, -0.2) is 0 Å². The fourth-order valence-corrected chi connectivity index (χ4v) is 9.83. The maximum absolute atomic E-state index is 12.9. The van der Waals surface area contributed by atoms with Crippen molar-refractivity contribution in [3.05, 3.63) is 122 Å². The number of carbonyl (C=O) groups excluding carboxylic acids is 3. The molecule has 0 aromatic heterocycles. The second-order valence-corrected chi connectivity index (χ2v) is 24.8. The van der Waals surface area contributed by atoms with Crippen LogP contribution < -0.4 is 5.11 Å². The highest BCUT2D eigenvalue weighted by atomic mass is 16.7. The monoisotopic (exact) mass is 1210 g/mol. The van der Waals surface area contributed by atoms with E-state index in [0.717, 1.165) is 103 Å². The summed E-state index contributed by atoms with van der Waals surface area (Å²) in [6, 6.07) is 0. The van der Waals surface area contributed by atoms with Gasteiger partial charge in [0.25, 0.3) is 0 Å². The predicted octanol–water partition coefficient (Wildman–Crippen LogP) is 21.0. The molecule has 0 saturated carbocycles. The van der Waals surface area contributed by atoms with Crippen molar-refractivity contribution in [2.45, 2.75) is 309 Å². The largest absolute Gasteiger partial charge is 0.545 e. The van der Waals surface area contributed by atoms with Gasteiger partial charge in [0, 0.05) is 12.8 Å². The van der Waals surface area contributed by atoms with Gasteiger partial charge in [-0.2, -0.15) is 0 Å². The fourth-order valence-electron chi connectivity index (χ4n) is 9.83. The van der Waals surface area contributed by atoms with E-state index in [1.54, 1.807) is 0 Å². The first-order valence-corrected chi connectivity index (χ1v) is 35.7. The molecule has 0 aliphatic carbocycles. The summed E-state index contributed by atoms with van der Waals surface area (Å²) in [6.45, 7) is 4.54. The number of rotatable bonds is 65. The molecule has 0 rings (SSSR count). The van der Waals surface area contributed by atoms with Gasteiger partial charge in [0.1, 0.15) is 13.2 Å². The maximum Gasteiger partial charge on any atom is 0.306 e. The first-order valence-electron chi connectivity index (χ1n) is 35.7. The molecule has 0 aliphatic rings. The molecule has 9 nitrogen and oxygen atoms in total. The number of carbonyl (C=O) groups is 3. The highest BCUT2D eigenvalue weighted by molar-refractivity contribution is 5.70. The van der Waals surface area contributed by atoms with Crippen molar-refractivity contribution < 1.29 is 42.9 Å². The molecule has 9 heteroatoms. The van der Waals surface area contributed by atoms with Gasteiger partial charge in [-0.05, 0) is 103 Å². The summed E-state index contributed by atoms with van der Waals surface area (Å²) in [4.78, 5) is 37.5. The van der Waals surface area contributed by atoms with E-state index in [9.17, 15) is 19.5 Å². The molecule has 0 spiro atoms. The first-order chi connectivity index (χ1) is 42.6. The van der Waals surface area contributed by atoms with Gasteiger partial charge < -0.3 is 33.3 Å². The molecule has 0 fully saturated rings. The van der Waals surface area contributed by atoms with Crippen LogP contribution in [0.25, 0.3) is 0 Å². The molecule has 2 unspecified atom stereocenters. The SMILES string of the molecule is CC/C=C\C/C=C\C/C=C\C/C=C\C/C=C\C/C=C\CCCCCCCCCCCCCCCCCCC(=O)OC(COC(=O)CCCCCCCCCCCCCCCC/C=C\C/C=C\C/C=C\C/C=C\CC)COC(OCC[N+](C)(C)C)C(=O)[O-]. The molecular weight excluding hydrogens is 1080 g/mol. The minimum absolute atomic E-state index is 0.144. The quantitative estimate of drug-likeness (QED) is 0.0195. The van der Waals surface area contributed by atoms with Crippen molar-refractivity contribution in [2.75, 3.05) is 47.5 Å². The van der Waals surface area contributed by atoms with Crippen LogP contribution in [0, 0.1) is 0 Å². The van der Waals surface area contributed by atoms with Crippen LogP contribution >= 0.6 is 0 Å². The number of unbranched alkanes of at least 4 members (excludes halogenated alkanes) is 30. The van der Waals surface area contributed by atoms with Crippen molar-refractivity contribution in [3.8, 4) is 0 Å². The first kappa shape index (κ1) is 82.7. The summed E-state index contributed by atoms with van der Waals surface area (Å²) in [5.74, 6) is -2.28. The molecule has 0 saturated heterocycles. The van der Waals surface area contributed by atoms with Crippen molar-refractivity contribution in [1.29, 1.82) is 0 Å². The number of quaternary nitrogens is 1. The second-order valence-electron chi connectivity index (χ2n) is 24.8. The van der Waals surface area contributed by atoms with Gasteiger partial charge in [-0.1, -0.05) is 302 Å². The zero-order chi connectivity index (χ0) is 63.3. The van der Waals surface area contributed by atoms with Gasteiger partial charge in [0.15, 0.2) is 12.4 Å². The third kappa shape index (κ3) is 69.0. The van der Waals surface area contributed by atoms with E-state index in [4.69, 9.17) is 18.9 Å². The van der Waals surface area contributed by atoms with E-state index < -0.39 is 24.3 Å². The van der Waals surface area contributed by atoms with E-state index in [2.05, 4.69) is 135 Å².